The van der Waals surface area contributed by atoms with Gasteiger partial charge in [-0.05, 0) is 59.0 Å². The molecule has 12 heteroatoms. The van der Waals surface area contributed by atoms with Crippen LogP contribution in [0.1, 0.15) is 24.2 Å². The minimum absolute atomic E-state index is 0.0114. The van der Waals surface area contributed by atoms with Gasteiger partial charge in [0.25, 0.3) is 5.91 Å². The molecule has 186 valence electrons. The number of carbonyl (C=O) groups is 1. The second kappa shape index (κ2) is 11.2. The SMILES string of the molecule is CCN(CC)S(=O)(=O)Nc1cccc(Oc2cc(F)cc(Nc3ccc(I)cc3F)c2C(N)=O)c1. The Morgan fingerprint density at radius 1 is 1.06 bits per heavy atom. The first-order chi connectivity index (χ1) is 16.5. The van der Waals surface area contributed by atoms with Gasteiger partial charge in [-0.25, -0.2) is 8.78 Å². The van der Waals surface area contributed by atoms with Gasteiger partial charge in [-0.3, -0.25) is 9.52 Å². The smallest absolute Gasteiger partial charge is 0.301 e. The largest absolute Gasteiger partial charge is 0.456 e. The van der Waals surface area contributed by atoms with Gasteiger partial charge in [0.05, 0.1) is 17.1 Å². The van der Waals surface area contributed by atoms with Gasteiger partial charge < -0.3 is 15.8 Å². The number of anilines is 3. The van der Waals surface area contributed by atoms with E-state index < -0.39 is 27.8 Å². The van der Waals surface area contributed by atoms with Gasteiger partial charge in [0.1, 0.15) is 28.7 Å². The molecule has 35 heavy (non-hydrogen) atoms. The van der Waals surface area contributed by atoms with Crippen LogP contribution in [0.3, 0.4) is 0 Å². The quantitative estimate of drug-likeness (QED) is 0.271. The van der Waals surface area contributed by atoms with Gasteiger partial charge in [-0.2, -0.15) is 12.7 Å². The van der Waals surface area contributed by atoms with Crippen molar-refractivity contribution in [3.05, 3.63) is 75.4 Å². The lowest BCUT2D eigenvalue weighted by Crippen LogP contribution is -2.35. The van der Waals surface area contributed by atoms with Crippen molar-refractivity contribution in [1.29, 1.82) is 0 Å². The minimum Gasteiger partial charge on any atom is -0.456 e. The Labute approximate surface area is 215 Å². The minimum atomic E-state index is -3.79. The van der Waals surface area contributed by atoms with Crippen molar-refractivity contribution in [2.24, 2.45) is 5.73 Å². The van der Waals surface area contributed by atoms with Crippen molar-refractivity contribution in [2.75, 3.05) is 23.1 Å². The number of primary amides is 1. The van der Waals surface area contributed by atoms with E-state index in [4.69, 9.17) is 10.5 Å². The van der Waals surface area contributed by atoms with Gasteiger partial charge in [-0.15, -0.1) is 0 Å². The molecule has 0 radical (unpaired) electrons. The molecule has 0 atom stereocenters. The highest BCUT2D eigenvalue weighted by Gasteiger charge is 2.21. The van der Waals surface area contributed by atoms with E-state index in [0.717, 1.165) is 12.1 Å². The number of hydrogen-bond acceptors (Lipinski definition) is 5. The molecular formula is C23H23F2IN4O4S. The first-order valence-corrected chi connectivity index (χ1v) is 13.0. The van der Waals surface area contributed by atoms with Crippen molar-refractivity contribution >= 4 is 55.8 Å². The number of amides is 1. The Balaban J connectivity index is 1.96. The summed E-state index contributed by atoms with van der Waals surface area (Å²) in [6.45, 7) is 3.99. The van der Waals surface area contributed by atoms with Crippen LogP contribution in [-0.2, 0) is 10.2 Å². The first kappa shape index (κ1) is 26.6. The van der Waals surface area contributed by atoms with E-state index in [1.165, 1.54) is 40.7 Å². The zero-order chi connectivity index (χ0) is 25.8. The monoisotopic (exact) mass is 616 g/mol. The summed E-state index contributed by atoms with van der Waals surface area (Å²) in [4.78, 5) is 12.3. The highest BCUT2D eigenvalue weighted by molar-refractivity contribution is 14.1. The Kier molecular flexibility index (Phi) is 8.51. The summed E-state index contributed by atoms with van der Waals surface area (Å²) in [5.41, 5.74) is 5.45. The van der Waals surface area contributed by atoms with Crippen LogP contribution in [0, 0.1) is 15.2 Å². The molecule has 0 aromatic heterocycles. The Morgan fingerprint density at radius 3 is 2.40 bits per heavy atom. The normalized spacial score (nSPS) is 11.4. The summed E-state index contributed by atoms with van der Waals surface area (Å²) in [6.07, 6.45) is 0. The number of hydrogen-bond donors (Lipinski definition) is 3. The number of nitrogens with one attached hydrogen (secondary N) is 2. The summed E-state index contributed by atoms with van der Waals surface area (Å²) in [5.74, 6) is -2.42. The Hall–Kier alpha value is -2.97. The predicted octanol–water partition coefficient (Wildman–Crippen LogP) is 5.20. The topological polar surface area (TPSA) is 114 Å². The summed E-state index contributed by atoms with van der Waals surface area (Å²) in [7, 11) is -3.79. The van der Waals surface area contributed by atoms with Gasteiger partial charge >= 0.3 is 10.2 Å². The molecule has 0 unspecified atom stereocenters. The molecule has 0 saturated carbocycles. The molecule has 3 rings (SSSR count). The molecule has 0 heterocycles. The van der Waals surface area contributed by atoms with E-state index in [9.17, 15) is 22.0 Å². The third kappa shape index (κ3) is 6.58. The maximum Gasteiger partial charge on any atom is 0.301 e. The van der Waals surface area contributed by atoms with Crippen molar-refractivity contribution in [3.8, 4) is 11.5 Å². The predicted molar refractivity (Wildman–Crippen MR) is 139 cm³/mol. The summed E-state index contributed by atoms with van der Waals surface area (Å²) in [6, 6.07) is 12.2. The molecular weight excluding hydrogens is 593 g/mol. The standard InChI is InChI=1S/C23H23F2IN4O4S/c1-3-30(4-2)35(32,33)29-16-6-5-7-17(13-16)34-21-11-14(24)10-20(22(21)23(27)31)28-19-9-8-15(26)12-18(19)25/h5-13,28-29H,3-4H2,1-2H3,(H2,27,31). The molecule has 3 aromatic carbocycles. The van der Waals surface area contributed by atoms with Crippen molar-refractivity contribution in [3.63, 3.8) is 0 Å². The second-order valence-electron chi connectivity index (χ2n) is 7.26. The van der Waals surface area contributed by atoms with Gasteiger partial charge in [-0.1, -0.05) is 19.9 Å². The number of benzene rings is 3. The highest BCUT2D eigenvalue weighted by Crippen LogP contribution is 2.35. The zero-order valence-electron chi connectivity index (χ0n) is 18.8. The first-order valence-electron chi connectivity index (χ1n) is 10.4. The number of ether oxygens (including phenoxy) is 1. The molecule has 8 nitrogen and oxygen atoms in total. The number of nitrogens with two attached hydrogens (primary N) is 1. The fourth-order valence-electron chi connectivity index (χ4n) is 3.28. The number of nitrogens with zero attached hydrogens (tertiary/aromatic N) is 1. The van der Waals surface area contributed by atoms with E-state index in [-0.39, 0.29) is 47.2 Å². The maximum absolute atomic E-state index is 14.4. The van der Waals surface area contributed by atoms with Crippen LogP contribution in [0.25, 0.3) is 0 Å². The van der Waals surface area contributed by atoms with Crippen LogP contribution in [0.4, 0.5) is 25.8 Å². The molecule has 0 aliphatic heterocycles. The van der Waals surface area contributed by atoms with Crippen LogP contribution >= 0.6 is 22.6 Å². The van der Waals surface area contributed by atoms with E-state index in [1.54, 1.807) is 19.9 Å². The lowest BCUT2D eigenvalue weighted by Gasteiger charge is -2.20. The van der Waals surface area contributed by atoms with Crippen molar-refractivity contribution < 1.29 is 26.7 Å². The Bertz CT molecular complexity index is 1350. The highest BCUT2D eigenvalue weighted by atomic mass is 127. The van der Waals surface area contributed by atoms with E-state index in [2.05, 4.69) is 10.0 Å². The van der Waals surface area contributed by atoms with Crippen LogP contribution in [0.2, 0.25) is 0 Å². The van der Waals surface area contributed by atoms with Crippen LogP contribution in [0.5, 0.6) is 11.5 Å². The fraction of sp³-hybridized carbons (Fsp3) is 0.174. The molecule has 0 aliphatic rings. The van der Waals surface area contributed by atoms with E-state index in [0.29, 0.717) is 3.57 Å². The average Bonchev–Trinajstić information content (AvgIpc) is 2.75. The summed E-state index contributed by atoms with van der Waals surface area (Å²) < 4.78 is 63.9. The van der Waals surface area contributed by atoms with Crippen LogP contribution < -0.4 is 20.5 Å². The fourth-order valence-corrected chi connectivity index (χ4v) is 4.97. The number of halogens is 3. The molecule has 4 N–H and O–H groups in total. The van der Waals surface area contributed by atoms with Crippen molar-refractivity contribution in [1.82, 2.24) is 4.31 Å². The van der Waals surface area contributed by atoms with Crippen LogP contribution in [0.15, 0.2) is 54.6 Å². The summed E-state index contributed by atoms with van der Waals surface area (Å²) >= 11 is 1.94. The maximum atomic E-state index is 14.4. The lowest BCUT2D eigenvalue weighted by atomic mass is 10.1. The third-order valence-corrected chi connectivity index (χ3v) is 7.23. The molecule has 0 fully saturated rings. The zero-order valence-corrected chi connectivity index (χ0v) is 21.8. The Morgan fingerprint density at radius 2 is 1.77 bits per heavy atom. The van der Waals surface area contributed by atoms with Gasteiger partial charge in [0, 0.05) is 28.8 Å². The number of carbonyl (C=O) groups excluding carboxylic acids is 1. The molecule has 1 amide bonds. The van der Waals surface area contributed by atoms with Crippen LogP contribution in [-0.4, -0.2) is 31.7 Å². The summed E-state index contributed by atoms with van der Waals surface area (Å²) in [5, 5.41) is 2.69. The second-order valence-corrected chi connectivity index (χ2v) is 10.2. The third-order valence-electron chi connectivity index (χ3n) is 4.87. The van der Waals surface area contributed by atoms with Gasteiger partial charge in [0.2, 0.25) is 0 Å². The molecule has 0 saturated heterocycles. The van der Waals surface area contributed by atoms with Gasteiger partial charge in [0.15, 0.2) is 0 Å². The molecule has 3 aromatic rings. The molecule has 0 bridgehead atoms. The van der Waals surface area contributed by atoms with E-state index in [1.807, 2.05) is 22.6 Å². The van der Waals surface area contributed by atoms with Crippen molar-refractivity contribution in [2.45, 2.75) is 13.8 Å². The average molecular weight is 616 g/mol. The van der Waals surface area contributed by atoms with E-state index >= 15 is 0 Å². The lowest BCUT2D eigenvalue weighted by molar-refractivity contribution is 0.0999. The number of rotatable bonds is 10. The molecule has 0 spiro atoms. The molecule has 0 aliphatic carbocycles.